The second kappa shape index (κ2) is 4.59. The maximum atomic E-state index is 11.9. The number of anilines is 1. The zero-order valence-electron chi connectivity index (χ0n) is 8.62. The smallest absolute Gasteiger partial charge is 0.273 e. The van der Waals surface area contributed by atoms with Gasteiger partial charge in [0.25, 0.3) is 5.91 Å². The second-order valence-electron chi connectivity index (χ2n) is 3.33. The number of rotatable bonds is 2. The van der Waals surface area contributed by atoms with Crippen LogP contribution < -0.4 is 10.6 Å². The molecule has 0 saturated carbocycles. The van der Waals surface area contributed by atoms with Gasteiger partial charge in [-0.2, -0.15) is 0 Å². The monoisotopic (exact) mass is 226 g/mol. The number of piperazine rings is 1. The minimum Gasteiger partial charge on any atom is -0.365 e. The van der Waals surface area contributed by atoms with Gasteiger partial charge in [0, 0.05) is 38.6 Å². The Morgan fingerprint density at radius 3 is 2.93 bits per heavy atom. The normalized spacial score (nSPS) is 16.5. The van der Waals surface area contributed by atoms with E-state index in [-0.39, 0.29) is 5.91 Å². The molecule has 15 heavy (non-hydrogen) atoms. The van der Waals surface area contributed by atoms with E-state index in [0.717, 1.165) is 31.3 Å². The molecule has 0 bridgehead atoms. The van der Waals surface area contributed by atoms with Crippen LogP contribution in [0.2, 0.25) is 0 Å². The van der Waals surface area contributed by atoms with Crippen molar-refractivity contribution >= 4 is 22.4 Å². The van der Waals surface area contributed by atoms with Crippen molar-refractivity contribution in [1.29, 1.82) is 0 Å². The number of hydrogen-bond donors (Lipinski definition) is 2. The molecule has 1 amide bonds. The molecule has 1 aromatic heterocycles. The fourth-order valence-electron chi connectivity index (χ4n) is 1.52. The van der Waals surface area contributed by atoms with E-state index in [4.69, 9.17) is 0 Å². The largest absolute Gasteiger partial charge is 0.365 e. The summed E-state index contributed by atoms with van der Waals surface area (Å²) >= 11 is 1.46. The van der Waals surface area contributed by atoms with Crippen LogP contribution in [-0.2, 0) is 0 Å². The molecule has 82 valence electrons. The summed E-state index contributed by atoms with van der Waals surface area (Å²) in [5.74, 6) is 0.0363. The molecule has 0 unspecified atom stereocenters. The van der Waals surface area contributed by atoms with Crippen molar-refractivity contribution in [2.75, 3.05) is 38.5 Å². The number of nitrogens with zero attached hydrogens (tertiary/aromatic N) is 2. The van der Waals surface area contributed by atoms with Crippen molar-refractivity contribution in [3.8, 4) is 0 Å². The van der Waals surface area contributed by atoms with Crippen LogP contribution in [0.4, 0.5) is 5.13 Å². The number of carbonyl (C=O) groups is 1. The van der Waals surface area contributed by atoms with Gasteiger partial charge in [0.1, 0.15) is 5.69 Å². The van der Waals surface area contributed by atoms with Crippen LogP contribution in [-0.4, -0.2) is 49.0 Å². The number of aromatic nitrogens is 1. The Kier molecular flexibility index (Phi) is 3.17. The van der Waals surface area contributed by atoms with Gasteiger partial charge in [-0.25, -0.2) is 4.98 Å². The summed E-state index contributed by atoms with van der Waals surface area (Å²) in [7, 11) is 1.80. The molecule has 1 aliphatic heterocycles. The number of carbonyl (C=O) groups excluding carboxylic acids is 1. The summed E-state index contributed by atoms with van der Waals surface area (Å²) in [6, 6.07) is 0. The lowest BCUT2D eigenvalue weighted by molar-refractivity contribution is 0.0731. The standard InChI is InChI=1S/C9H14N4OS/c1-10-9-12-7(6-15-9)8(14)13-4-2-11-3-5-13/h6,11H,2-5H2,1H3,(H,10,12). The summed E-state index contributed by atoms with van der Waals surface area (Å²) in [6.07, 6.45) is 0. The lowest BCUT2D eigenvalue weighted by Gasteiger charge is -2.26. The topological polar surface area (TPSA) is 57.3 Å². The Balaban J connectivity index is 2.05. The molecule has 0 spiro atoms. The van der Waals surface area contributed by atoms with Gasteiger partial charge in [0.15, 0.2) is 5.13 Å². The molecule has 6 heteroatoms. The van der Waals surface area contributed by atoms with Crippen LogP contribution in [0.15, 0.2) is 5.38 Å². The van der Waals surface area contributed by atoms with Gasteiger partial charge < -0.3 is 15.5 Å². The molecule has 0 aliphatic carbocycles. The van der Waals surface area contributed by atoms with Crippen LogP contribution in [0, 0.1) is 0 Å². The molecule has 0 atom stereocenters. The van der Waals surface area contributed by atoms with Crippen molar-refractivity contribution in [1.82, 2.24) is 15.2 Å². The average molecular weight is 226 g/mol. The molecule has 1 aliphatic rings. The molecule has 5 nitrogen and oxygen atoms in total. The molecule has 1 fully saturated rings. The second-order valence-corrected chi connectivity index (χ2v) is 4.19. The minimum absolute atomic E-state index is 0.0363. The number of thiazole rings is 1. The van der Waals surface area contributed by atoms with Gasteiger partial charge in [0.05, 0.1) is 0 Å². The van der Waals surface area contributed by atoms with E-state index >= 15 is 0 Å². The third-order valence-electron chi connectivity index (χ3n) is 2.34. The van der Waals surface area contributed by atoms with Crippen LogP contribution in [0.1, 0.15) is 10.5 Å². The quantitative estimate of drug-likeness (QED) is 0.758. The highest BCUT2D eigenvalue weighted by molar-refractivity contribution is 7.13. The first kappa shape index (κ1) is 10.4. The van der Waals surface area contributed by atoms with Gasteiger partial charge >= 0.3 is 0 Å². The fraction of sp³-hybridized carbons (Fsp3) is 0.556. The SMILES string of the molecule is CNc1nc(C(=O)N2CCNCC2)cs1. The van der Waals surface area contributed by atoms with E-state index in [1.807, 2.05) is 4.90 Å². The van der Waals surface area contributed by atoms with Crippen molar-refractivity contribution in [3.05, 3.63) is 11.1 Å². The average Bonchev–Trinajstić information content (AvgIpc) is 2.78. The number of amides is 1. The van der Waals surface area contributed by atoms with E-state index < -0.39 is 0 Å². The third-order valence-corrected chi connectivity index (χ3v) is 3.20. The maximum Gasteiger partial charge on any atom is 0.273 e. The van der Waals surface area contributed by atoms with Gasteiger partial charge in [-0.05, 0) is 0 Å². The fourth-order valence-corrected chi connectivity index (χ4v) is 2.16. The Bertz CT molecular complexity index is 346. The molecule has 1 saturated heterocycles. The molecule has 2 rings (SSSR count). The minimum atomic E-state index is 0.0363. The maximum absolute atomic E-state index is 11.9. The summed E-state index contributed by atoms with van der Waals surface area (Å²) in [5.41, 5.74) is 0.547. The van der Waals surface area contributed by atoms with E-state index in [1.54, 1.807) is 12.4 Å². The Hall–Kier alpha value is -1.14. The first-order valence-electron chi connectivity index (χ1n) is 4.94. The summed E-state index contributed by atoms with van der Waals surface area (Å²) in [6.45, 7) is 3.28. The van der Waals surface area contributed by atoms with Crippen LogP contribution in [0.3, 0.4) is 0 Å². The van der Waals surface area contributed by atoms with Crippen LogP contribution in [0.5, 0.6) is 0 Å². The van der Waals surface area contributed by atoms with Gasteiger partial charge in [-0.3, -0.25) is 4.79 Å². The Morgan fingerprint density at radius 1 is 1.60 bits per heavy atom. The number of nitrogens with one attached hydrogen (secondary N) is 2. The lowest BCUT2D eigenvalue weighted by Crippen LogP contribution is -2.46. The van der Waals surface area contributed by atoms with Crippen molar-refractivity contribution in [2.45, 2.75) is 0 Å². The predicted octanol–water partition coefficient (Wildman–Crippen LogP) is 0.230. The Morgan fingerprint density at radius 2 is 2.33 bits per heavy atom. The van der Waals surface area contributed by atoms with E-state index in [1.165, 1.54) is 11.3 Å². The molecule has 2 heterocycles. The highest BCUT2D eigenvalue weighted by Crippen LogP contribution is 2.16. The zero-order chi connectivity index (χ0) is 10.7. The summed E-state index contributed by atoms with van der Waals surface area (Å²) in [5, 5.41) is 8.73. The van der Waals surface area contributed by atoms with Gasteiger partial charge in [0.2, 0.25) is 0 Å². The van der Waals surface area contributed by atoms with Gasteiger partial charge in [-0.1, -0.05) is 0 Å². The van der Waals surface area contributed by atoms with E-state index in [2.05, 4.69) is 15.6 Å². The zero-order valence-corrected chi connectivity index (χ0v) is 9.43. The molecule has 2 N–H and O–H groups in total. The predicted molar refractivity (Wildman–Crippen MR) is 60.4 cm³/mol. The molecular formula is C9H14N4OS. The van der Waals surface area contributed by atoms with Crippen molar-refractivity contribution < 1.29 is 4.79 Å². The van der Waals surface area contributed by atoms with Gasteiger partial charge in [-0.15, -0.1) is 11.3 Å². The Labute approximate surface area is 92.5 Å². The molecule has 1 aromatic rings. The summed E-state index contributed by atoms with van der Waals surface area (Å²) < 4.78 is 0. The third kappa shape index (κ3) is 2.27. The molecular weight excluding hydrogens is 212 g/mol. The van der Waals surface area contributed by atoms with E-state index in [0.29, 0.717) is 5.69 Å². The summed E-state index contributed by atoms with van der Waals surface area (Å²) in [4.78, 5) is 18.0. The molecule has 0 aromatic carbocycles. The highest BCUT2D eigenvalue weighted by Gasteiger charge is 2.19. The first-order valence-corrected chi connectivity index (χ1v) is 5.82. The van der Waals surface area contributed by atoms with Crippen LogP contribution >= 0.6 is 11.3 Å². The molecule has 0 radical (unpaired) electrons. The van der Waals surface area contributed by atoms with Crippen LogP contribution in [0.25, 0.3) is 0 Å². The van der Waals surface area contributed by atoms with Crippen molar-refractivity contribution in [3.63, 3.8) is 0 Å². The lowest BCUT2D eigenvalue weighted by atomic mass is 10.3. The van der Waals surface area contributed by atoms with E-state index in [9.17, 15) is 4.79 Å². The number of hydrogen-bond acceptors (Lipinski definition) is 5. The van der Waals surface area contributed by atoms with Crippen molar-refractivity contribution in [2.24, 2.45) is 0 Å². The first-order chi connectivity index (χ1) is 7.31. The highest BCUT2D eigenvalue weighted by atomic mass is 32.1.